The molecule has 7 nitrogen and oxygen atoms in total. The second-order valence-corrected chi connectivity index (χ2v) is 6.46. The van der Waals surface area contributed by atoms with Crippen LogP contribution in [0.25, 0.3) is 11.1 Å². The van der Waals surface area contributed by atoms with Gasteiger partial charge in [-0.25, -0.2) is 0 Å². The predicted octanol–water partition coefficient (Wildman–Crippen LogP) is 4.44. The number of para-hydroxylation sites is 1. The Morgan fingerprint density at radius 2 is 1.85 bits per heavy atom. The van der Waals surface area contributed by atoms with Crippen LogP contribution in [0.1, 0.15) is 20.4 Å². The molecule has 0 saturated heterocycles. The van der Waals surface area contributed by atoms with Crippen molar-refractivity contribution in [2.24, 2.45) is 0 Å². The fourth-order valence-corrected chi connectivity index (χ4v) is 2.98. The predicted molar refractivity (Wildman–Crippen MR) is 101 cm³/mol. The molecule has 9 heteroatoms. The molecule has 0 aliphatic carbocycles. The number of nitrogens with zero attached hydrogens (tertiary/aromatic N) is 3. The Bertz CT molecular complexity index is 988. The lowest BCUT2D eigenvalue weighted by molar-refractivity contribution is -0.384. The normalized spacial score (nSPS) is 11.2. The summed E-state index contributed by atoms with van der Waals surface area (Å²) in [6.07, 6.45) is 1.54. The van der Waals surface area contributed by atoms with Gasteiger partial charge >= 0.3 is 0 Å². The monoisotopic (exact) mass is 386 g/mol. The number of hydrogen-bond donors (Lipinski definition) is 1. The zero-order valence-corrected chi connectivity index (χ0v) is 14.7. The van der Waals surface area contributed by atoms with E-state index in [2.05, 4.69) is 15.5 Å². The number of carbonyl (C=O) groups excluding carboxylic acids is 1. The van der Waals surface area contributed by atoms with Crippen molar-refractivity contribution in [1.29, 1.82) is 0 Å². The van der Waals surface area contributed by atoms with Gasteiger partial charge in [-0.3, -0.25) is 14.9 Å². The molecule has 1 amide bonds. The number of non-ortho nitro benzene ring substituents is 1. The maximum absolute atomic E-state index is 12.2. The number of amides is 1. The lowest BCUT2D eigenvalue weighted by atomic mass is 10.2. The molecule has 0 atom stereocenters. The molecule has 0 fully saturated rings. The number of hydrogen-bond acceptors (Lipinski definition) is 6. The van der Waals surface area contributed by atoms with Gasteiger partial charge in [0.15, 0.2) is 5.01 Å². The standard InChI is InChI=1S/C17H11ClN4O3S/c18-14(10-11-5-4-8-13(9-11)22(24)25)16-20-21-17(26-16)15(23)19-12-6-2-1-3-7-12/h1-10H,(H,19,23). The maximum Gasteiger partial charge on any atom is 0.286 e. The second kappa shape index (κ2) is 7.85. The van der Waals surface area contributed by atoms with Gasteiger partial charge in [0, 0.05) is 17.8 Å². The van der Waals surface area contributed by atoms with Crippen molar-refractivity contribution in [3.8, 4) is 0 Å². The number of nitro benzene ring substituents is 1. The first-order valence-corrected chi connectivity index (χ1v) is 8.54. The van der Waals surface area contributed by atoms with Crippen molar-refractivity contribution in [1.82, 2.24) is 10.2 Å². The number of nitrogens with one attached hydrogen (secondary N) is 1. The van der Waals surface area contributed by atoms with E-state index < -0.39 is 4.92 Å². The minimum absolute atomic E-state index is 0.0385. The molecule has 0 bridgehead atoms. The number of nitro groups is 1. The molecule has 2 aromatic carbocycles. The lowest BCUT2D eigenvalue weighted by Gasteiger charge is -2.00. The Balaban J connectivity index is 1.77. The summed E-state index contributed by atoms with van der Waals surface area (Å²) in [7, 11) is 0. The highest BCUT2D eigenvalue weighted by atomic mass is 35.5. The van der Waals surface area contributed by atoms with Crippen molar-refractivity contribution in [3.63, 3.8) is 0 Å². The number of halogens is 1. The van der Waals surface area contributed by atoms with Crippen LogP contribution in [0.5, 0.6) is 0 Å². The van der Waals surface area contributed by atoms with E-state index in [1.165, 1.54) is 18.2 Å². The quantitative estimate of drug-likeness (QED) is 0.516. The average Bonchev–Trinajstić information content (AvgIpc) is 3.13. The van der Waals surface area contributed by atoms with Crippen LogP contribution < -0.4 is 5.32 Å². The lowest BCUT2D eigenvalue weighted by Crippen LogP contribution is -2.11. The van der Waals surface area contributed by atoms with Gasteiger partial charge in [-0.1, -0.05) is 53.3 Å². The van der Waals surface area contributed by atoms with Crippen molar-refractivity contribution >= 4 is 51.3 Å². The summed E-state index contributed by atoms with van der Waals surface area (Å²) < 4.78 is 0. The molecule has 0 unspecified atom stereocenters. The summed E-state index contributed by atoms with van der Waals surface area (Å²) in [5, 5.41) is 22.0. The van der Waals surface area contributed by atoms with Gasteiger partial charge in [-0.05, 0) is 23.8 Å². The summed E-state index contributed by atoms with van der Waals surface area (Å²) in [5.41, 5.74) is 1.16. The first-order valence-electron chi connectivity index (χ1n) is 7.35. The highest BCUT2D eigenvalue weighted by Crippen LogP contribution is 2.26. The minimum atomic E-state index is -0.484. The van der Waals surface area contributed by atoms with Crippen LogP contribution >= 0.6 is 22.9 Å². The molecule has 0 spiro atoms. The topological polar surface area (TPSA) is 98.0 Å². The molecular formula is C17H11ClN4O3S. The summed E-state index contributed by atoms with van der Waals surface area (Å²) in [4.78, 5) is 22.5. The molecule has 1 heterocycles. The fraction of sp³-hybridized carbons (Fsp3) is 0. The Labute approximate surface area is 157 Å². The van der Waals surface area contributed by atoms with Crippen molar-refractivity contribution in [3.05, 3.63) is 80.3 Å². The van der Waals surface area contributed by atoms with Crippen LogP contribution in [0.4, 0.5) is 11.4 Å². The van der Waals surface area contributed by atoms with Gasteiger partial charge in [-0.15, -0.1) is 10.2 Å². The molecule has 0 aliphatic heterocycles. The van der Waals surface area contributed by atoms with Crippen LogP contribution in [0, 0.1) is 10.1 Å². The van der Waals surface area contributed by atoms with Crippen molar-refractivity contribution < 1.29 is 9.72 Å². The van der Waals surface area contributed by atoms with Crippen LogP contribution in [-0.4, -0.2) is 21.0 Å². The molecule has 0 radical (unpaired) electrons. The number of anilines is 1. The molecule has 130 valence electrons. The molecule has 0 aliphatic rings. The minimum Gasteiger partial charge on any atom is -0.320 e. The third-order valence-electron chi connectivity index (χ3n) is 3.23. The highest BCUT2D eigenvalue weighted by Gasteiger charge is 2.15. The van der Waals surface area contributed by atoms with Gasteiger partial charge in [0.25, 0.3) is 11.6 Å². The summed E-state index contributed by atoms with van der Waals surface area (Å²) in [6.45, 7) is 0. The summed E-state index contributed by atoms with van der Waals surface area (Å²) >= 11 is 7.25. The van der Waals surface area contributed by atoms with E-state index in [0.717, 1.165) is 11.3 Å². The average molecular weight is 387 g/mol. The van der Waals surface area contributed by atoms with E-state index >= 15 is 0 Å². The second-order valence-electron chi connectivity index (χ2n) is 5.08. The van der Waals surface area contributed by atoms with Gasteiger partial charge < -0.3 is 5.32 Å². The maximum atomic E-state index is 12.2. The molecule has 3 rings (SSSR count). The Morgan fingerprint density at radius 1 is 1.12 bits per heavy atom. The first-order chi connectivity index (χ1) is 12.5. The smallest absolute Gasteiger partial charge is 0.286 e. The van der Waals surface area contributed by atoms with Crippen LogP contribution in [0.2, 0.25) is 0 Å². The third kappa shape index (κ3) is 4.29. The van der Waals surface area contributed by atoms with E-state index in [1.54, 1.807) is 36.4 Å². The summed E-state index contributed by atoms with van der Waals surface area (Å²) in [6, 6.07) is 15.0. The fourth-order valence-electron chi connectivity index (χ4n) is 2.05. The SMILES string of the molecule is O=C(Nc1ccccc1)c1nnc(C(Cl)=Cc2cccc([N+](=O)[O-])c2)s1. The van der Waals surface area contributed by atoms with Crippen LogP contribution in [0.15, 0.2) is 54.6 Å². The first kappa shape index (κ1) is 17.7. The Morgan fingerprint density at radius 3 is 2.58 bits per heavy atom. The third-order valence-corrected chi connectivity index (χ3v) is 4.59. The van der Waals surface area contributed by atoms with Crippen LogP contribution in [-0.2, 0) is 0 Å². The number of benzene rings is 2. The Kier molecular flexibility index (Phi) is 5.35. The number of carbonyl (C=O) groups is 1. The van der Waals surface area contributed by atoms with Crippen LogP contribution in [0.3, 0.4) is 0 Å². The summed E-state index contributed by atoms with van der Waals surface area (Å²) in [5.74, 6) is -0.389. The Hall–Kier alpha value is -3.10. The zero-order chi connectivity index (χ0) is 18.5. The number of aromatic nitrogens is 2. The highest BCUT2D eigenvalue weighted by molar-refractivity contribution is 7.15. The van der Waals surface area contributed by atoms with E-state index in [0.29, 0.717) is 16.3 Å². The molecule has 1 aromatic heterocycles. The van der Waals surface area contributed by atoms with E-state index in [-0.39, 0.29) is 21.6 Å². The zero-order valence-electron chi connectivity index (χ0n) is 13.1. The van der Waals surface area contributed by atoms with E-state index in [9.17, 15) is 14.9 Å². The molecule has 1 N–H and O–H groups in total. The van der Waals surface area contributed by atoms with Gasteiger partial charge in [0.1, 0.15) is 0 Å². The van der Waals surface area contributed by atoms with Crippen molar-refractivity contribution in [2.75, 3.05) is 5.32 Å². The molecule has 0 saturated carbocycles. The molecular weight excluding hydrogens is 376 g/mol. The molecule has 26 heavy (non-hydrogen) atoms. The van der Waals surface area contributed by atoms with Gasteiger partial charge in [0.05, 0.1) is 9.96 Å². The largest absolute Gasteiger partial charge is 0.320 e. The van der Waals surface area contributed by atoms with Gasteiger partial charge in [0.2, 0.25) is 5.01 Å². The van der Waals surface area contributed by atoms with Crippen molar-refractivity contribution in [2.45, 2.75) is 0 Å². The number of rotatable bonds is 5. The van der Waals surface area contributed by atoms with Gasteiger partial charge in [-0.2, -0.15) is 0 Å². The van der Waals surface area contributed by atoms with E-state index in [1.807, 2.05) is 6.07 Å². The molecule has 3 aromatic rings. The van der Waals surface area contributed by atoms with E-state index in [4.69, 9.17) is 11.6 Å².